The molecule has 4 nitrogen and oxygen atoms in total. The molecule has 0 aliphatic carbocycles. The highest BCUT2D eigenvalue weighted by molar-refractivity contribution is 5.81. The monoisotopic (exact) mass is 246 g/mol. The van der Waals surface area contributed by atoms with Crippen LogP contribution in [0.4, 0.5) is 0 Å². The standard InChI is InChI=1S/C14H14O4/c1-5-11(13(15)17-7-3)9-10-12(6-2)14(16)18-8-4/h5-8,11-12H,1-4H2. The van der Waals surface area contributed by atoms with Gasteiger partial charge in [-0.15, -0.1) is 13.2 Å². The average molecular weight is 246 g/mol. The summed E-state index contributed by atoms with van der Waals surface area (Å²) in [7, 11) is 0. The van der Waals surface area contributed by atoms with Gasteiger partial charge in [0, 0.05) is 0 Å². The van der Waals surface area contributed by atoms with Crippen LogP contribution in [0.25, 0.3) is 0 Å². The first kappa shape index (κ1) is 15.5. The molecule has 0 heterocycles. The summed E-state index contributed by atoms with van der Waals surface area (Å²) < 4.78 is 9.12. The highest BCUT2D eigenvalue weighted by Crippen LogP contribution is 2.04. The van der Waals surface area contributed by atoms with Crippen LogP contribution in [0.2, 0.25) is 0 Å². The van der Waals surface area contributed by atoms with E-state index in [9.17, 15) is 9.59 Å². The molecular formula is C14H14O4. The van der Waals surface area contributed by atoms with Gasteiger partial charge in [-0.1, -0.05) is 37.2 Å². The van der Waals surface area contributed by atoms with Gasteiger partial charge in [-0.05, 0) is 0 Å². The number of carbonyl (C=O) groups excluding carboxylic acids is 2. The van der Waals surface area contributed by atoms with E-state index in [0.717, 1.165) is 12.5 Å². The number of hydrogen-bond donors (Lipinski definition) is 0. The third-order valence-electron chi connectivity index (χ3n) is 1.77. The highest BCUT2D eigenvalue weighted by Gasteiger charge is 2.15. The van der Waals surface area contributed by atoms with E-state index < -0.39 is 23.8 Å². The maximum Gasteiger partial charge on any atom is 0.329 e. The highest BCUT2D eigenvalue weighted by atomic mass is 16.5. The second-order valence-corrected chi connectivity index (χ2v) is 2.92. The van der Waals surface area contributed by atoms with E-state index in [1.54, 1.807) is 0 Å². The van der Waals surface area contributed by atoms with E-state index in [1.165, 1.54) is 12.2 Å². The van der Waals surface area contributed by atoms with E-state index in [0.29, 0.717) is 0 Å². The summed E-state index contributed by atoms with van der Waals surface area (Å²) in [5, 5.41) is 0. The van der Waals surface area contributed by atoms with Gasteiger partial charge < -0.3 is 9.47 Å². The maximum atomic E-state index is 11.3. The molecule has 0 N–H and O–H groups in total. The van der Waals surface area contributed by atoms with Crippen LogP contribution in [0.3, 0.4) is 0 Å². The second kappa shape index (κ2) is 8.59. The van der Waals surface area contributed by atoms with Gasteiger partial charge >= 0.3 is 11.9 Å². The van der Waals surface area contributed by atoms with Gasteiger partial charge in [-0.3, -0.25) is 0 Å². The first-order valence-electron chi connectivity index (χ1n) is 4.99. The van der Waals surface area contributed by atoms with E-state index >= 15 is 0 Å². The van der Waals surface area contributed by atoms with E-state index in [2.05, 4.69) is 47.6 Å². The maximum absolute atomic E-state index is 11.3. The van der Waals surface area contributed by atoms with Crippen LogP contribution in [-0.4, -0.2) is 11.9 Å². The van der Waals surface area contributed by atoms with E-state index in [4.69, 9.17) is 0 Å². The zero-order valence-electron chi connectivity index (χ0n) is 9.93. The zero-order valence-corrected chi connectivity index (χ0v) is 9.93. The molecule has 0 aliphatic rings. The molecule has 0 aliphatic heterocycles. The normalized spacial score (nSPS) is 11.8. The Hall–Kier alpha value is -2.54. The molecule has 2 atom stereocenters. The van der Waals surface area contributed by atoms with Crippen LogP contribution in [-0.2, 0) is 19.1 Å². The fraction of sp³-hybridized carbons (Fsp3) is 0.143. The van der Waals surface area contributed by atoms with Gasteiger partial charge in [0.2, 0.25) is 0 Å². The molecule has 0 aromatic rings. The Morgan fingerprint density at radius 1 is 0.833 bits per heavy atom. The van der Waals surface area contributed by atoms with Crippen molar-refractivity contribution in [2.45, 2.75) is 0 Å². The van der Waals surface area contributed by atoms with Crippen molar-refractivity contribution in [1.29, 1.82) is 0 Å². The summed E-state index contributed by atoms with van der Waals surface area (Å²) in [5.74, 6) is 2.17. The van der Waals surface area contributed by atoms with Gasteiger partial charge in [-0.2, -0.15) is 0 Å². The van der Waals surface area contributed by atoms with Crippen LogP contribution in [0.15, 0.2) is 51.0 Å². The van der Waals surface area contributed by atoms with Crippen molar-refractivity contribution in [2.75, 3.05) is 0 Å². The Bertz CT molecular complexity index is 385. The largest absolute Gasteiger partial charge is 0.434 e. The van der Waals surface area contributed by atoms with Gasteiger partial charge in [-0.25, -0.2) is 9.59 Å². The molecular weight excluding hydrogens is 232 g/mol. The fourth-order valence-corrected chi connectivity index (χ4v) is 0.919. The van der Waals surface area contributed by atoms with Crippen molar-refractivity contribution in [3.63, 3.8) is 0 Å². The molecule has 0 saturated heterocycles. The minimum Gasteiger partial charge on any atom is -0.434 e. The fourth-order valence-electron chi connectivity index (χ4n) is 0.919. The Labute approximate surface area is 106 Å². The quantitative estimate of drug-likeness (QED) is 0.311. The minimum atomic E-state index is -0.845. The van der Waals surface area contributed by atoms with Gasteiger partial charge in [0.05, 0.1) is 12.5 Å². The average Bonchev–Trinajstić information content (AvgIpc) is 2.35. The predicted octanol–water partition coefficient (Wildman–Crippen LogP) is 1.97. The summed E-state index contributed by atoms with van der Waals surface area (Å²) in [6.45, 7) is 13.4. The van der Waals surface area contributed by atoms with Crippen LogP contribution in [0.5, 0.6) is 0 Å². The molecule has 0 spiro atoms. The molecule has 94 valence electrons. The summed E-state index contributed by atoms with van der Waals surface area (Å²) in [5.41, 5.74) is 0. The van der Waals surface area contributed by atoms with Gasteiger partial charge in [0.1, 0.15) is 11.8 Å². The Balaban J connectivity index is 4.86. The van der Waals surface area contributed by atoms with Crippen molar-refractivity contribution in [1.82, 2.24) is 0 Å². The third kappa shape index (κ3) is 4.99. The summed E-state index contributed by atoms with van der Waals surface area (Å²) in [4.78, 5) is 22.7. The van der Waals surface area contributed by atoms with Crippen molar-refractivity contribution < 1.29 is 19.1 Å². The summed E-state index contributed by atoms with van der Waals surface area (Å²) in [6.07, 6.45) is 4.60. The van der Waals surface area contributed by atoms with Crippen molar-refractivity contribution in [2.24, 2.45) is 11.8 Å². The first-order chi connectivity index (χ1) is 8.60. The molecule has 0 aromatic carbocycles. The topological polar surface area (TPSA) is 52.6 Å². The number of carbonyl (C=O) groups is 2. The van der Waals surface area contributed by atoms with Crippen LogP contribution >= 0.6 is 0 Å². The van der Waals surface area contributed by atoms with Gasteiger partial charge in [0.15, 0.2) is 0 Å². The van der Waals surface area contributed by atoms with Crippen molar-refractivity contribution in [3.8, 4) is 11.8 Å². The lowest BCUT2D eigenvalue weighted by molar-refractivity contribution is -0.140. The summed E-state index contributed by atoms with van der Waals surface area (Å²) in [6, 6.07) is 0. The lowest BCUT2D eigenvalue weighted by atomic mass is 10.1. The van der Waals surface area contributed by atoms with Crippen LogP contribution in [0, 0.1) is 23.7 Å². The molecule has 0 fully saturated rings. The van der Waals surface area contributed by atoms with E-state index in [1.807, 2.05) is 0 Å². The zero-order chi connectivity index (χ0) is 14.0. The summed E-state index contributed by atoms with van der Waals surface area (Å²) >= 11 is 0. The van der Waals surface area contributed by atoms with E-state index in [-0.39, 0.29) is 0 Å². The Kier molecular flexibility index (Phi) is 7.38. The first-order valence-corrected chi connectivity index (χ1v) is 4.99. The molecule has 0 rings (SSSR count). The second-order valence-electron chi connectivity index (χ2n) is 2.92. The predicted molar refractivity (Wildman–Crippen MR) is 67.7 cm³/mol. The number of rotatable bonds is 6. The molecule has 0 aromatic heterocycles. The van der Waals surface area contributed by atoms with Crippen molar-refractivity contribution >= 4 is 11.9 Å². The molecule has 4 heteroatoms. The molecule has 0 amide bonds. The molecule has 18 heavy (non-hydrogen) atoms. The Morgan fingerprint density at radius 3 is 1.39 bits per heavy atom. The molecule has 2 unspecified atom stereocenters. The van der Waals surface area contributed by atoms with Crippen molar-refractivity contribution in [3.05, 3.63) is 51.0 Å². The van der Waals surface area contributed by atoms with Crippen LogP contribution in [0.1, 0.15) is 0 Å². The molecule has 0 saturated carbocycles. The molecule has 0 radical (unpaired) electrons. The number of ether oxygens (including phenoxy) is 2. The number of esters is 2. The Morgan fingerprint density at radius 2 is 1.17 bits per heavy atom. The molecule has 0 bridgehead atoms. The smallest absolute Gasteiger partial charge is 0.329 e. The van der Waals surface area contributed by atoms with Crippen LogP contribution < -0.4 is 0 Å². The number of hydrogen-bond acceptors (Lipinski definition) is 4. The lowest BCUT2D eigenvalue weighted by Gasteiger charge is -2.04. The van der Waals surface area contributed by atoms with Gasteiger partial charge in [0.25, 0.3) is 0 Å². The minimum absolute atomic E-state index is 0.618. The SMILES string of the molecule is C=COC(=O)C(C#CC(C=C)C(=O)OC=C)C=C. The third-order valence-corrected chi connectivity index (χ3v) is 1.77. The lowest BCUT2D eigenvalue weighted by Crippen LogP contribution is -2.14.